The fraction of sp³-hybridized carbons (Fsp3) is 0.562. The molecule has 0 aromatic heterocycles. The summed E-state index contributed by atoms with van der Waals surface area (Å²) >= 11 is 0. The molecular formula is C16H21NO4. The van der Waals surface area contributed by atoms with Crippen LogP contribution < -0.4 is 4.74 Å². The number of ether oxygens (including phenoxy) is 1. The molecule has 1 heterocycles. The van der Waals surface area contributed by atoms with Crippen LogP contribution in [0.15, 0.2) is 18.2 Å². The molecular weight excluding hydrogens is 270 g/mol. The van der Waals surface area contributed by atoms with Crippen LogP contribution in [-0.4, -0.2) is 40.8 Å². The van der Waals surface area contributed by atoms with Crippen molar-refractivity contribution in [2.75, 3.05) is 13.7 Å². The third-order valence-electron chi connectivity index (χ3n) is 4.87. The topological polar surface area (TPSA) is 70.0 Å². The van der Waals surface area contributed by atoms with E-state index < -0.39 is 5.97 Å². The number of phenolic OH excluding ortho intramolecular Hbond substituents is 1. The summed E-state index contributed by atoms with van der Waals surface area (Å²) in [6.07, 6.45) is 3.31. The predicted molar refractivity (Wildman–Crippen MR) is 77.3 cm³/mol. The summed E-state index contributed by atoms with van der Waals surface area (Å²) in [4.78, 5) is 13.6. The first-order valence-corrected chi connectivity index (χ1v) is 7.43. The van der Waals surface area contributed by atoms with Crippen LogP contribution in [0.2, 0.25) is 0 Å². The smallest absolute Gasteiger partial charge is 0.321 e. The number of aliphatic carboxylic acids is 1. The molecule has 5 nitrogen and oxygen atoms in total. The van der Waals surface area contributed by atoms with Gasteiger partial charge in [0.25, 0.3) is 0 Å². The van der Waals surface area contributed by atoms with E-state index in [1.807, 2.05) is 11.0 Å². The molecule has 5 heteroatoms. The van der Waals surface area contributed by atoms with Gasteiger partial charge in [0.15, 0.2) is 11.5 Å². The van der Waals surface area contributed by atoms with E-state index in [-0.39, 0.29) is 17.7 Å². The number of benzene rings is 1. The van der Waals surface area contributed by atoms with Crippen molar-refractivity contribution in [3.63, 3.8) is 0 Å². The number of rotatable bonds is 4. The maximum Gasteiger partial charge on any atom is 0.321 e. The molecule has 2 fully saturated rings. The highest BCUT2D eigenvalue weighted by Crippen LogP contribution is 2.43. The second-order valence-electron chi connectivity index (χ2n) is 6.07. The molecule has 21 heavy (non-hydrogen) atoms. The van der Waals surface area contributed by atoms with Gasteiger partial charge in [0.05, 0.1) is 7.11 Å². The van der Waals surface area contributed by atoms with Gasteiger partial charge in [0, 0.05) is 13.1 Å². The van der Waals surface area contributed by atoms with E-state index in [0.717, 1.165) is 31.4 Å². The third-order valence-corrected chi connectivity index (χ3v) is 4.87. The molecule has 2 aliphatic rings. The molecule has 1 aliphatic heterocycles. The van der Waals surface area contributed by atoms with Gasteiger partial charge in [-0.15, -0.1) is 0 Å². The maximum absolute atomic E-state index is 11.6. The summed E-state index contributed by atoms with van der Waals surface area (Å²) in [5.41, 5.74) is 0.916. The van der Waals surface area contributed by atoms with Gasteiger partial charge >= 0.3 is 5.97 Å². The molecule has 3 atom stereocenters. The number of fused-ring (bicyclic) bond motifs is 1. The van der Waals surface area contributed by atoms with Gasteiger partial charge < -0.3 is 14.9 Å². The summed E-state index contributed by atoms with van der Waals surface area (Å²) in [5.74, 6) is 0.613. The molecule has 0 bridgehead atoms. The fourth-order valence-electron chi connectivity index (χ4n) is 3.96. The van der Waals surface area contributed by atoms with Crippen molar-refractivity contribution in [2.45, 2.75) is 31.8 Å². The minimum Gasteiger partial charge on any atom is -0.504 e. The van der Waals surface area contributed by atoms with Crippen LogP contribution in [0.1, 0.15) is 24.8 Å². The molecule has 2 N–H and O–H groups in total. The van der Waals surface area contributed by atoms with Crippen molar-refractivity contribution in [1.82, 2.24) is 4.90 Å². The molecule has 1 aromatic carbocycles. The molecule has 1 saturated carbocycles. The number of hydrogen-bond donors (Lipinski definition) is 2. The van der Waals surface area contributed by atoms with Crippen LogP contribution in [0.5, 0.6) is 11.5 Å². The Morgan fingerprint density at radius 3 is 2.90 bits per heavy atom. The molecule has 1 aliphatic carbocycles. The Labute approximate surface area is 124 Å². The van der Waals surface area contributed by atoms with Gasteiger partial charge in [-0.1, -0.05) is 12.5 Å². The number of aromatic hydroxyl groups is 1. The minimum absolute atomic E-state index is 0.0984. The average Bonchev–Trinajstić information content (AvgIpc) is 2.98. The molecule has 3 unspecified atom stereocenters. The zero-order chi connectivity index (χ0) is 15.0. The molecule has 0 radical (unpaired) electrons. The minimum atomic E-state index is -0.720. The van der Waals surface area contributed by atoms with Gasteiger partial charge in [-0.25, -0.2) is 0 Å². The second-order valence-corrected chi connectivity index (χ2v) is 6.07. The standard InChI is InChI=1S/C16H21NO4/c1-21-14-6-5-10(7-13(14)18)8-17-9-11-3-2-4-12(11)15(17)16(19)20/h5-7,11-12,15,18H,2-4,8-9H2,1H3,(H,19,20). The lowest BCUT2D eigenvalue weighted by Gasteiger charge is -2.24. The Hall–Kier alpha value is -1.75. The van der Waals surface area contributed by atoms with E-state index in [1.165, 1.54) is 7.11 Å². The van der Waals surface area contributed by atoms with Gasteiger partial charge in [-0.3, -0.25) is 9.69 Å². The van der Waals surface area contributed by atoms with Crippen LogP contribution in [0.25, 0.3) is 0 Å². The largest absolute Gasteiger partial charge is 0.504 e. The monoisotopic (exact) mass is 291 g/mol. The summed E-state index contributed by atoms with van der Waals surface area (Å²) in [7, 11) is 1.51. The number of likely N-dealkylation sites (tertiary alicyclic amines) is 1. The zero-order valence-corrected chi connectivity index (χ0v) is 12.2. The first-order chi connectivity index (χ1) is 10.1. The van der Waals surface area contributed by atoms with E-state index in [1.54, 1.807) is 12.1 Å². The number of nitrogens with zero attached hydrogens (tertiary/aromatic N) is 1. The normalized spacial score (nSPS) is 28.5. The number of hydrogen-bond acceptors (Lipinski definition) is 4. The van der Waals surface area contributed by atoms with Crippen molar-refractivity contribution < 1.29 is 19.7 Å². The lowest BCUT2D eigenvalue weighted by molar-refractivity contribution is -0.143. The summed E-state index contributed by atoms with van der Waals surface area (Å²) in [6, 6.07) is 4.87. The highest BCUT2D eigenvalue weighted by Gasteiger charge is 2.47. The lowest BCUT2D eigenvalue weighted by atomic mass is 9.94. The number of phenols is 1. The van der Waals surface area contributed by atoms with Crippen molar-refractivity contribution >= 4 is 5.97 Å². The highest BCUT2D eigenvalue weighted by molar-refractivity contribution is 5.74. The van der Waals surface area contributed by atoms with Crippen molar-refractivity contribution in [2.24, 2.45) is 11.8 Å². The van der Waals surface area contributed by atoms with Crippen LogP contribution in [0, 0.1) is 11.8 Å². The lowest BCUT2D eigenvalue weighted by Crippen LogP contribution is -2.39. The maximum atomic E-state index is 11.6. The SMILES string of the molecule is COc1ccc(CN2CC3CCCC3C2C(=O)O)cc1O. The van der Waals surface area contributed by atoms with Gasteiger partial charge in [-0.2, -0.15) is 0 Å². The first-order valence-electron chi connectivity index (χ1n) is 7.43. The fourth-order valence-corrected chi connectivity index (χ4v) is 3.96. The van der Waals surface area contributed by atoms with Gasteiger partial charge in [0.2, 0.25) is 0 Å². The van der Waals surface area contributed by atoms with Gasteiger partial charge in [0.1, 0.15) is 6.04 Å². The zero-order valence-electron chi connectivity index (χ0n) is 12.2. The van der Waals surface area contributed by atoms with Crippen LogP contribution in [-0.2, 0) is 11.3 Å². The van der Waals surface area contributed by atoms with Crippen molar-refractivity contribution in [3.05, 3.63) is 23.8 Å². The summed E-state index contributed by atoms with van der Waals surface area (Å²) < 4.78 is 5.03. The Bertz CT molecular complexity index is 545. The number of carboxylic acid groups (broad SMARTS) is 1. The number of carbonyl (C=O) groups is 1. The van der Waals surface area contributed by atoms with Gasteiger partial charge in [-0.05, 0) is 42.4 Å². The van der Waals surface area contributed by atoms with E-state index in [0.29, 0.717) is 18.2 Å². The van der Waals surface area contributed by atoms with Crippen LogP contribution in [0.3, 0.4) is 0 Å². The second kappa shape index (κ2) is 5.56. The summed E-state index contributed by atoms with van der Waals surface area (Å²) in [5, 5.41) is 19.4. The summed E-state index contributed by atoms with van der Waals surface area (Å²) in [6.45, 7) is 1.40. The molecule has 1 aromatic rings. The van der Waals surface area contributed by atoms with E-state index in [4.69, 9.17) is 4.74 Å². The average molecular weight is 291 g/mol. The molecule has 3 rings (SSSR count). The number of carboxylic acids is 1. The quantitative estimate of drug-likeness (QED) is 0.889. The Kier molecular flexibility index (Phi) is 3.76. The Morgan fingerprint density at radius 2 is 2.24 bits per heavy atom. The van der Waals surface area contributed by atoms with Crippen LogP contribution in [0.4, 0.5) is 0 Å². The van der Waals surface area contributed by atoms with E-state index in [2.05, 4.69) is 0 Å². The molecule has 0 spiro atoms. The van der Waals surface area contributed by atoms with Crippen molar-refractivity contribution in [3.8, 4) is 11.5 Å². The first kappa shape index (κ1) is 14.2. The highest BCUT2D eigenvalue weighted by atomic mass is 16.5. The van der Waals surface area contributed by atoms with Crippen LogP contribution >= 0.6 is 0 Å². The van der Waals surface area contributed by atoms with E-state index >= 15 is 0 Å². The van der Waals surface area contributed by atoms with Crippen molar-refractivity contribution in [1.29, 1.82) is 0 Å². The molecule has 114 valence electrons. The molecule has 0 amide bonds. The Morgan fingerprint density at radius 1 is 1.43 bits per heavy atom. The Balaban J connectivity index is 1.77. The third kappa shape index (κ3) is 2.58. The number of methoxy groups -OCH3 is 1. The predicted octanol–water partition coefficient (Wildman–Crippen LogP) is 2.09. The van der Waals surface area contributed by atoms with E-state index in [9.17, 15) is 15.0 Å². The molecule has 1 saturated heterocycles.